The summed E-state index contributed by atoms with van der Waals surface area (Å²) in [6.45, 7) is 6.13. The summed E-state index contributed by atoms with van der Waals surface area (Å²) >= 11 is 0. The van der Waals surface area contributed by atoms with Gasteiger partial charge < -0.3 is 21.1 Å². The van der Waals surface area contributed by atoms with Crippen molar-refractivity contribution in [1.82, 2.24) is 16.0 Å². The molecule has 3 amide bonds. The largest absolute Gasteiger partial charge is 0.480 e. The standard InChI is InChI=1S/C12H23N3O4/c1-4-8(3)10(11(17)18)15-12(19)14-7-6-9(16)13-5-2/h8,10H,4-7H2,1-3H3,(H,13,16)(H,17,18)(H2,14,15,19)/t8?,10-/m0/s1. The van der Waals surface area contributed by atoms with Crippen molar-refractivity contribution >= 4 is 17.9 Å². The minimum atomic E-state index is -1.06. The number of hydrogen-bond donors (Lipinski definition) is 4. The smallest absolute Gasteiger partial charge is 0.326 e. The van der Waals surface area contributed by atoms with Crippen molar-refractivity contribution in [2.45, 2.75) is 39.7 Å². The third-order valence-electron chi connectivity index (χ3n) is 2.78. The highest BCUT2D eigenvalue weighted by Gasteiger charge is 2.25. The zero-order chi connectivity index (χ0) is 14.8. The lowest BCUT2D eigenvalue weighted by Crippen LogP contribution is -2.49. The Balaban J connectivity index is 4.07. The van der Waals surface area contributed by atoms with Crippen molar-refractivity contribution in [3.63, 3.8) is 0 Å². The van der Waals surface area contributed by atoms with Crippen molar-refractivity contribution in [3.8, 4) is 0 Å². The normalized spacial score (nSPS) is 13.2. The van der Waals surface area contributed by atoms with Crippen LogP contribution < -0.4 is 16.0 Å². The molecule has 0 bridgehead atoms. The number of carboxylic acids is 1. The molecule has 0 saturated carbocycles. The number of amides is 3. The van der Waals surface area contributed by atoms with Crippen LogP contribution in [0.15, 0.2) is 0 Å². The Kier molecular flexibility index (Phi) is 8.32. The van der Waals surface area contributed by atoms with E-state index in [1.807, 2.05) is 13.8 Å². The highest BCUT2D eigenvalue weighted by atomic mass is 16.4. The molecule has 0 aromatic rings. The van der Waals surface area contributed by atoms with Crippen LogP contribution in [0.1, 0.15) is 33.6 Å². The van der Waals surface area contributed by atoms with E-state index in [0.29, 0.717) is 13.0 Å². The Morgan fingerprint density at radius 1 is 1.16 bits per heavy atom. The predicted octanol–water partition coefficient (Wildman–Crippen LogP) is 0.311. The monoisotopic (exact) mass is 273 g/mol. The van der Waals surface area contributed by atoms with Gasteiger partial charge in [0, 0.05) is 19.5 Å². The number of aliphatic carboxylic acids is 1. The van der Waals surface area contributed by atoms with Crippen LogP contribution in [-0.4, -0.2) is 42.1 Å². The maximum Gasteiger partial charge on any atom is 0.326 e. The molecule has 0 saturated heterocycles. The van der Waals surface area contributed by atoms with Gasteiger partial charge in [-0.1, -0.05) is 20.3 Å². The number of urea groups is 1. The van der Waals surface area contributed by atoms with Gasteiger partial charge in [-0.3, -0.25) is 4.79 Å². The first-order valence-electron chi connectivity index (χ1n) is 6.46. The Labute approximate surface area is 113 Å². The molecular formula is C12H23N3O4. The molecule has 110 valence electrons. The molecule has 0 spiro atoms. The summed E-state index contributed by atoms with van der Waals surface area (Å²) in [6.07, 6.45) is 0.818. The third kappa shape index (κ3) is 7.28. The molecule has 7 nitrogen and oxygen atoms in total. The summed E-state index contributed by atoms with van der Waals surface area (Å²) in [6, 6.07) is -1.49. The summed E-state index contributed by atoms with van der Waals surface area (Å²) in [5, 5.41) is 16.5. The highest BCUT2D eigenvalue weighted by Crippen LogP contribution is 2.07. The lowest BCUT2D eigenvalue weighted by molar-refractivity contribution is -0.140. The van der Waals surface area contributed by atoms with Gasteiger partial charge in [0.15, 0.2) is 0 Å². The molecule has 0 aliphatic rings. The maximum atomic E-state index is 11.5. The van der Waals surface area contributed by atoms with Crippen LogP contribution in [-0.2, 0) is 9.59 Å². The Morgan fingerprint density at radius 2 is 1.79 bits per heavy atom. The number of carboxylic acid groups (broad SMARTS) is 1. The topological polar surface area (TPSA) is 108 Å². The number of carbonyl (C=O) groups excluding carboxylic acids is 2. The molecular weight excluding hydrogens is 250 g/mol. The fourth-order valence-electron chi connectivity index (χ4n) is 1.45. The van der Waals surface area contributed by atoms with Crippen LogP contribution in [0, 0.1) is 5.92 Å². The summed E-state index contributed by atoms with van der Waals surface area (Å²) in [5.74, 6) is -1.38. The lowest BCUT2D eigenvalue weighted by Gasteiger charge is -2.20. The molecule has 0 radical (unpaired) electrons. The van der Waals surface area contributed by atoms with Gasteiger partial charge in [-0.2, -0.15) is 0 Å². The average Bonchev–Trinajstić information content (AvgIpc) is 2.35. The Hall–Kier alpha value is -1.79. The maximum absolute atomic E-state index is 11.5. The number of nitrogens with one attached hydrogen (secondary N) is 3. The molecule has 0 aromatic heterocycles. The third-order valence-corrected chi connectivity index (χ3v) is 2.78. The molecule has 0 aliphatic carbocycles. The van der Waals surface area contributed by atoms with Crippen LogP contribution in [0.5, 0.6) is 0 Å². The minimum absolute atomic E-state index is 0.153. The van der Waals surface area contributed by atoms with E-state index in [0.717, 1.165) is 0 Å². The van der Waals surface area contributed by atoms with Crippen molar-refractivity contribution < 1.29 is 19.5 Å². The fourth-order valence-corrected chi connectivity index (χ4v) is 1.45. The summed E-state index contributed by atoms with van der Waals surface area (Å²) < 4.78 is 0. The van der Waals surface area contributed by atoms with Gasteiger partial charge in [0.2, 0.25) is 5.91 Å². The van der Waals surface area contributed by atoms with Crippen LogP contribution in [0.25, 0.3) is 0 Å². The highest BCUT2D eigenvalue weighted by molar-refractivity contribution is 5.83. The van der Waals surface area contributed by atoms with Crippen molar-refractivity contribution in [3.05, 3.63) is 0 Å². The van der Waals surface area contributed by atoms with E-state index in [1.165, 1.54) is 0 Å². The molecule has 0 fully saturated rings. The first-order chi connectivity index (χ1) is 8.92. The van der Waals surface area contributed by atoms with E-state index in [9.17, 15) is 14.4 Å². The van der Waals surface area contributed by atoms with E-state index in [1.54, 1.807) is 6.92 Å². The molecule has 2 atom stereocenters. The van der Waals surface area contributed by atoms with Crippen molar-refractivity contribution in [2.24, 2.45) is 5.92 Å². The minimum Gasteiger partial charge on any atom is -0.480 e. The zero-order valence-electron chi connectivity index (χ0n) is 11.7. The van der Waals surface area contributed by atoms with Gasteiger partial charge in [0.05, 0.1) is 0 Å². The van der Waals surface area contributed by atoms with Crippen LogP contribution in [0.2, 0.25) is 0 Å². The van der Waals surface area contributed by atoms with Gasteiger partial charge in [-0.25, -0.2) is 9.59 Å². The number of rotatable bonds is 8. The summed E-state index contributed by atoms with van der Waals surface area (Å²) in [4.78, 5) is 33.6. The molecule has 0 heterocycles. The Morgan fingerprint density at radius 3 is 2.26 bits per heavy atom. The first kappa shape index (κ1) is 17.2. The number of carbonyl (C=O) groups is 3. The molecule has 0 aliphatic heterocycles. The SMILES string of the molecule is CCNC(=O)CCNC(=O)N[C@H](C(=O)O)C(C)CC. The quantitative estimate of drug-likeness (QED) is 0.510. The second-order valence-electron chi connectivity index (χ2n) is 4.31. The molecule has 0 aromatic carbocycles. The average molecular weight is 273 g/mol. The molecule has 1 unspecified atom stereocenters. The van der Waals surface area contributed by atoms with E-state index in [4.69, 9.17) is 5.11 Å². The molecule has 7 heteroatoms. The van der Waals surface area contributed by atoms with Crippen LogP contribution in [0.3, 0.4) is 0 Å². The van der Waals surface area contributed by atoms with Gasteiger partial charge in [-0.05, 0) is 12.8 Å². The second kappa shape index (κ2) is 9.18. The van der Waals surface area contributed by atoms with E-state index < -0.39 is 18.0 Å². The van der Waals surface area contributed by atoms with E-state index >= 15 is 0 Å². The van der Waals surface area contributed by atoms with Crippen LogP contribution in [0.4, 0.5) is 4.79 Å². The Bertz CT molecular complexity index is 320. The van der Waals surface area contributed by atoms with Gasteiger partial charge in [0.1, 0.15) is 6.04 Å². The molecule has 0 rings (SSSR count). The zero-order valence-corrected chi connectivity index (χ0v) is 11.7. The van der Waals surface area contributed by atoms with Crippen LogP contribution >= 0.6 is 0 Å². The number of hydrogen-bond acceptors (Lipinski definition) is 3. The predicted molar refractivity (Wildman–Crippen MR) is 70.7 cm³/mol. The first-order valence-corrected chi connectivity index (χ1v) is 6.46. The summed E-state index contributed by atoms with van der Waals surface area (Å²) in [7, 11) is 0. The van der Waals surface area contributed by atoms with Gasteiger partial charge >= 0.3 is 12.0 Å². The lowest BCUT2D eigenvalue weighted by atomic mass is 9.99. The van der Waals surface area contributed by atoms with Crippen molar-refractivity contribution in [2.75, 3.05) is 13.1 Å². The molecule has 19 heavy (non-hydrogen) atoms. The van der Waals surface area contributed by atoms with Gasteiger partial charge in [-0.15, -0.1) is 0 Å². The molecule has 4 N–H and O–H groups in total. The van der Waals surface area contributed by atoms with Gasteiger partial charge in [0.25, 0.3) is 0 Å². The second-order valence-corrected chi connectivity index (χ2v) is 4.31. The van der Waals surface area contributed by atoms with Crippen molar-refractivity contribution in [1.29, 1.82) is 0 Å². The van der Waals surface area contributed by atoms with E-state index in [-0.39, 0.29) is 24.8 Å². The van der Waals surface area contributed by atoms with E-state index in [2.05, 4.69) is 16.0 Å². The summed E-state index contributed by atoms with van der Waals surface area (Å²) in [5.41, 5.74) is 0. The fraction of sp³-hybridized carbons (Fsp3) is 0.750.